The van der Waals surface area contributed by atoms with Gasteiger partial charge in [-0.2, -0.15) is 0 Å². The van der Waals surface area contributed by atoms with E-state index in [1.165, 1.54) is 4.88 Å². The number of nitrogens with one attached hydrogen (secondary N) is 1. The molecule has 0 saturated heterocycles. The van der Waals surface area contributed by atoms with Crippen molar-refractivity contribution in [1.29, 1.82) is 0 Å². The quantitative estimate of drug-likeness (QED) is 0.424. The van der Waals surface area contributed by atoms with Gasteiger partial charge in [0.25, 0.3) is 0 Å². The highest BCUT2D eigenvalue weighted by Gasteiger charge is 1.96. The Kier molecular flexibility index (Phi) is 6.83. The van der Waals surface area contributed by atoms with E-state index in [4.69, 9.17) is 14.9 Å². The Morgan fingerprint density at radius 3 is 3.10 bits per heavy atom. The van der Waals surface area contributed by atoms with Crippen LogP contribution in [0.4, 0.5) is 0 Å². The third-order valence-corrected chi connectivity index (χ3v) is 3.75. The van der Waals surface area contributed by atoms with Crippen molar-refractivity contribution in [3.8, 4) is 0 Å². The van der Waals surface area contributed by atoms with Crippen LogP contribution in [0.25, 0.3) is 0 Å². The summed E-state index contributed by atoms with van der Waals surface area (Å²) in [5.74, 6) is 1.34. The SMILES string of the molecule is NC(=NCCCOCc1ccco1)NCCc1cccs1. The van der Waals surface area contributed by atoms with Crippen LogP contribution in [0.15, 0.2) is 45.3 Å². The highest BCUT2D eigenvalue weighted by molar-refractivity contribution is 7.09. The third kappa shape index (κ3) is 6.46. The van der Waals surface area contributed by atoms with Crippen molar-refractivity contribution >= 4 is 17.3 Å². The summed E-state index contributed by atoms with van der Waals surface area (Å²) in [5, 5.41) is 5.19. The topological polar surface area (TPSA) is 72.8 Å². The van der Waals surface area contributed by atoms with Gasteiger partial charge in [-0.3, -0.25) is 4.99 Å². The zero-order chi connectivity index (χ0) is 14.8. The molecular weight excluding hydrogens is 286 g/mol. The summed E-state index contributed by atoms with van der Waals surface area (Å²) in [6, 6.07) is 7.93. The predicted octanol–water partition coefficient (Wildman–Crippen LogP) is 2.39. The van der Waals surface area contributed by atoms with Gasteiger partial charge in [-0.25, -0.2) is 0 Å². The molecule has 21 heavy (non-hydrogen) atoms. The number of hydrogen-bond donors (Lipinski definition) is 2. The molecule has 0 radical (unpaired) electrons. The van der Waals surface area contributed by atoms with E-state index in [-0.39, 0.29) is 0 Å². The lowest BCUT2D eigenvalue weighted by Crippen LogP contribution is -2.33. The molecule has 2 aromatic rings. The lowest BCUT2D eigenvalue weighted by Gasteiger charge is -2.05. The molecule has 0 aliphatic carbocycles. The molecule has 0 saturated carbocycles. The Labute approximate surface area is 128 Å². The second-order valence-electron chi connectivity index (χ2n) is 4.51. The average molecular weight is 307 g/mol. The molecule has 2 aromatic heterocycles. The predicted molar refractivity (Wildman–Crippen MR) is 85.5 cm³/mol. The van der Waals surface area contributed by atoms with Gasteiger partial charge in [-0.1, -0.05) is 6.07 Å². The minimum Gasteiger partial charge on any atom is -0.467 e. The van der Waals surface area contributed by atoms with Crippen LogP contribution in [0.5, 0.6) is 0 Å². The molecule has 5 nitrogen and oxygen atoms in total. The lowest BCUT2D eigenvalue weighted by molar-refractivity contribution is 0.105. The summed E-state index contributed by atoms with van der Waals surface area (Å²) < 4.78 is 10.6. The van der Waals surface area contributed by atoms with E-state index >= 15 is 0 Å². The van der Waals surface area contributed by atoms with Crippen LogP contribution in [-0.2, 0) is 17.8 Å². The first-order valence-electron chi connectivity index (χ1n) is 7.01. The van der Waals surface area contributed by atoms with E-state index in [2.05, 4.69) is 27.8 Å². The maximum atomic E-state index is 5.79. The van der Waals surface area contributed by atoms with Crippen molar-refractivity contribution in [1.82, 2.24) is 5.32 Å². The first kappa shape index (κ1) is 15.6. The maximum absolute atomic E-state index is 5.79. The van der Waals surface area contributed by atoms with Gasteiger partial charge < -0.3 is 20.2 Å². The summed E-state index contributed by atoms with van der Waals surface area (Å²) in [6.07, 6.45) is 3.46. The summed E-state index contributed by atoms with van der Waals surface area (Å²) in [5.41, 5.74) is 5.79. The van der Waals surface area contributed by atoms with Crippen LogP contribution >= 0.6 is 11.3 Å². The Hall–Kier alpha value is -1.79. The van der Waals surface area contributed by atoms with Crippen molar-refractivity contribution in [2.45, 2.75) is 19.4 Å². The molecule has 0 aliphatic rings. The molecule has 0 unspecified atom stereocenters. The van der Waals surface area contributed by atoms with Gasteiger partial charge in [0.05, 0.1) is 6.26 Å². The van der Waals surface area contributed by atoms with Crippen molar-refractivity contribution in [3.63, 3.8) is 0 Å². The van der Waals surface area contributed by atoms with Crippen LogP contribution in [0.2, 0.25) is 0 Å². The highest BCUT2D eigenvalue weighted by atomic mass is 32.1. The first-order valence-corrected chi connectivity index (χ1v) is 7.89. The Morgan fingerprint density at radius 1 is 1.38 bits per heavy atom. The molecule has 2 rings (SSSR count). The van der Waals surface area contributed by atoms with Gasteiger partial charge in [0.2, 0.25) is 0 Å². The van der Waals surface area contributed by atoms with Gasteiger partial charge in [0, 0.05) is 24.6 Å². The van der Waals surface area contributed by atoms with Crippen LogP contribution in [0, 0.1) is 0 Å². The molecule has 0 fully saturated rings. The van der Waals surface area contributed by atoms with E-state index in [1.54, 1.807) is 17.6 Å². The number of ether oxygens (including phenoxy) is 1. The second kappa shape index (κ2) is 9.20. The second-order valence-corrected chi connectivity index (χ2v) is 5.54. The number of rotatable bonds is 9. The summed E-state index contributed by atoms with van der Waals surface area (Å²) in [6.45, 7) is 2.62. The number of hydrogen-bond acceptors (Lipinski definition) is 4. The van der Waals surface area contributed by atoms with Crippen molar-refractivity contribution in [2.24, 2.45) is 10.7 Å². The normalized spacial score (nSPS) is 11.7. The number of nitrogens with zero attached hydrogens (tertiary/aromatic N) is 1. The molecule has 2 heterocycles. The fraction of sp³-hybridized carbons (Fsp3) is 0.400. The number of guanidine groups is 1. The molecule has 6 heteroatoms. The fourth-order valence-electron chi connectivity index (χ4n) is 1.76. The monoisotopic (exact) mass is 307 g/mol. The van der Waals surface area contributed by atoms with Crippen LogP contribution < -0.4 is 11.1 Å². The van der Waals surface area contributed by atoms with Crippen LogP contribution in [-0.4, -0.2) is 25.7 Å². The van der Waals surface area contributed by atoms with Gasteiger partial charge >= 0.3 is 0 Å². The van der Waals surface area contributed by atoms with Crippen molar-refractivity contribution in [2.75, 3.05) is 19.7 Å². The van der Waals surface area contributed by atoms with Gasteiger partial charge in [-0.05, 0) is 36.4 Å². The van der Waals surface area contributed by atoms with Gasteiger partial charge in [0.1, 0.15) is 12.4 Å². The van der Waals surface area contributed by atoms with Crippen LogP contribution in [0.1, 0.15) is 17.1 Å². The van der Waals surface area contributed by atoms with Crippen LogP contribution in [0.3, 0.4) is 0 Å². The Morgan fingerprint density at radius 2 is 2.33 bits per heavy atom. The molecule has 0 aromatic carbocycles. The summed E-state index contributed by atoms with van der Waals surface area (Å²) in [7, 11) is 0. The lowest BCUT2D eigenvalue weighted by atomic mass is 10.3. The standard InChI is InChI=1S/C15H21N3O2S/c16-15(18-8-6-14-5-2-11-21-14)17-7-3-9-19-12-13-4-1-10-20-13/h1-2,4-5,10-11H,3,6-9,12H2,(H3,16,17,18). The van der Waals surface area contributed by atoms with Gasteiger partial charge in [0.15, 0.2) is 5.96 Å². The van der Waals surface area contributed by atoms with E-state index < -0.39 is 0 Å². The molecule has 0 aliphatic heterocycles. The van der Waals surface area contributed by atoms with Crippen molar-refractivity contribution in [3.05, 3.63) is 46.5 Å². The molecular formula is C15H21N3O2S. The third-order valence-electron chi connectivity index (χ3n) is 2.81. The molecule has 114 valence electrons. The summed E-state index contributed by atoms with van der Waals surface area (Å²) >= 11 is 1.76. The van der Waals surface area contributed by atoms with E-state index in [0.717, 1.165) is 25.1 Å². The number of aliphatic imine (C=N–C) groups is 1. The number of thiophene rings is 1. The minimum absolute atomic E-state index is 0.498. The maximum Gasteiger partial charge on any atom is 0.188 e. The number of nitrogens with two attached hydrogens (primary N) is 1. The Balaban J connectivity index is 1.48. The highest BCUT2D eigenvalue weighted by Crippen LogP contribution is 2.07. The van der Waals surface area contributed by atoms with E-state index in [0.29, 0.717) is 25.7 Å². The minimum atomic E-state index is 0.498. The molecule has 0 spiro atoms. The Bertz CT molecular complexity index is 509. The molecule has 0 atom stereocenters. The number of furan rings is 1. The van der Waals surface area contributed by atoms with E-state index in [1.807, 2.05) is 12.1 Å². The average Bonchev–Trinajstić information content (AvgIpc) is 3.16. The molecule has 0 amide bonds. The smallest absolute Gasteiger partial charge is 0.188 e. The zero-order valence-electron chi connectivity index (χ0n) is 12.0. The zero-order valence-corrected chi connectivity index (χ0v) is 12.8. The molecule has 0 bridgehead atoms. The first-order chi connectivity index (χ1) is 10.3. The van der Waals surface area contributed by atoms with Crippen molar-refractivity contribution < 1.29 is 9.15 Å². The molecule has 3 N–H and O–H groups in total. The fourth-order valence-corrected chi connectivity index (χ4v) is 2.47. The largest absolute Gasteiger partial charge is 0.467 e. The van der Waals surface area contributed by atoms with Gasteiger partial charge in [-0.15, -0.1) is 11.3 Å². The summed E-state index contributed by atoms with van der Waals surface area (Å²) in [4.78, 5) is 5.61. The van der Waals surface area contributed by atoms with E-state index in [9.17, 15) is 0 Å².